The number of nitrogen functional groups attached to an aromatic ring is 1. The molecular weight excluding hydrogens is 382 g/mol. The van der Waals surface area contributed by atoms with Crippen LogP contribution in [0.15, 0.2) is 6.33 Å². The van der Waals surface area contributed by atoms with Crippen molar-refractivity contribution in [1.29, 1.82) is 0 Å². The van der Waals surface area contributed by atoms with Gasteiger partial charge in [0.25, 0.3) is 0 Å². The molecule has 1 unspecified atom stereocenters. The lowest BCUT2D eigenvalue weighted by Gasteiger charge is -2.32. The highest BCUT2D eigenvalue weighted by molar-refractivity contribution is 5.74. The molecule has 0 aromatic carbocycles. The van der Waals surface area contributed by atoms with Crippen molar-refractivity contribution >= 4 is 17.3 Å². The van der Waals surface area contributed by atoms with Gasteiger partial charge in [0.1, 0.15) is 12.0 Å². The van der Waals surface area contributed by atoms with Gasteiger partial charge in [-0.15, -0.1) is 0 Å². The van der Waals surface area contributed by atoms with Crippen molar-refractivity contribution in [2.24, 2.45) is 5.92 Å². The third-order valence-corrected chi connectivity index (χ3v) is 6.64. The molecule has 2 rings (SSSR count). The Morgan fingerprint density at radius 3 is 2.06 bits per heavy atom. The smallest absolute Gasteiger partial charge is 0.157 e. The summed E-state index contributed by atoms with van der Waals surface area (Å²) in [5, 5.41) is 3.44. The third-order valence-electron chi connectivity index (χ3n) is 6.64. The van der Waals surface area contributed by atoms with Gasteiger partial charge in [-0.25, -0.2) is 9.97 Å². The molecule has 1 aliphatic rings. The number of nitrogens with zero attached hydrogens (tertiary/aromatic N) is 3. The SMILES string of the molecule is CCCCCCCCCCCCCCCCNc1ncnc(N2CCCC(C)C2)c1N. The van der Waals surface area contributed by atoms with Crippen molar-refractivity contribution in [1.82, 2.24) is 9.97 Å². The minimum absolute atomic E-state index is 0.704. The largest absolute Gasteiger partial charge is 0.393 e. The van der Waals surface area contributed by atoms with Gasteiger partial charge in [0, 0.05) is 19.6 Å². The van der Waals surface area contributed by atoms with Crippen molar-refractivity contribution in [3.8, 4) is 0 Å². The van der Waals surface area contributed by atoms with Crippen LogP contribution in [0, 0.1) is 5.92 Å². The van der Waals surface area contributed by atoms with Crippen LogP contribution in [0.25, 0.3) is 0 Å². The van der Waals surface area contributed by atoms with E-state index in [2.05, 4.69) is 34.0 Å². The first-order chi connectivity index (χ1) is 15.2. The maximum absolute atomic E-state index is 6.39. The maximum Gasteiger partial charge on any atom is 0.157 e. The summed E-state index contributed by atoms with van der Waals surface area (Å²) in [6.07, 6.45) is 23.6. The molecule has 31 heavy (non-hydrogen) atoms. The number of anilines is 3. The van der Waals surface area contributed by atoms with Crippen LogP contribution in [0.3, 0.4) is 0 Å². The standard InChI is InChI=1S/C26H49N5/c1-3-4-5-6-7-8-9-10-11-12-13-14-15-16-19-28-25-24(27)26(30-22-29-25)31-20-17-18-23(2)21-31/h22-23H,3-21,27H2,1-2H3,(H,28,29,30). The van der Waals surface area contributed by atoms with Crippen molar-refractivity contribution in [2.75, 3.05) is 35.6 Å². The quantitative estimate of drug-likeness (QED) is 0.255. The van der Waals surface area contributed by atoms with Gasteiger partial charge in [-0.3, -0.25) is 0 Å². The Balaban J connectivity index is 1.48. The number of nitrogens with one attached hydrogen (secondary N) is 1. The molecule has 1 saturated heterocycles. The van der Waals surface area contributed by atoms with Crippen LogP contribution in [0.2, 0.25) is 0 Å². The van der Waals surface area contributed by atoms with E-state index < -0.39 is 0 Å². The van der Waals surface area contributed by atoms with Gasteiger partial charge < -0.3 is 16.0 Å². The summed E-state index contributed by atoms with van der Waals surface area (Å²) in [5.74, 6) is 2.41. The van der Waals surface area contributed by atoms with Crippen molar-refractivity contribution in [3.05, 3.63) is 6.33 Å². The number of piperidine rings is 1. The van der Waals surface area contributed by atoms with Gasteiger partial charge in [0.2, 0.25) is 0 Å². The molecule has 0 spiro atoms. The van der Waals surface area contributed by atoms with Gasteiger partial charge in [0.15, 0.2) is 11.6 Å². The number of hydrogen-bond acceptors (Lipinski definition) is 5. The van der Waals surface area contributed by atoms with E-state index in [1.165, 1.54) is 103 Å². The molecular formula is C26H49N5. The number of unbranched alkanes of at least 4 members (excludes halogenated alkanes) is 13. The Hall–Kier alpha value is -1.52. The zero-order valence-electron chi connectivity index (χ0n) is 20.5. The lowest BCUT2D eigenvalue weighted by atomic mass is 10.0. The molecule has 1 atom stereocenters. The monoisotopic (exact) mass is 431 g/mol. The first kappa shape index (κ1) is 25.7. The van der Waals surface area contributed by atoms with E-state index in [-0.39, 0.29) is 0 Å². The molecule has 0 bridgehead atoms. The third kappa shape index (κ3) is 10.6. The molecule has 0 radical (unpaired) electrons. The fraction of sp³-hybridized carbons (Fsp3) is 0.846. The molecule has 0 saturated carbocycles. The maximum atomic E-state index is 6.39. The highest BCUT2D eigenvalue weighted by atomic mass is 15.2. The van der Waals surface area contributed by atoms with Gasteiger partial charge >= 0.3 is 0 Å². The summed E-state index contributed by atoms with van der Waals surface area (Å²) < 4.78 is 0. The van der Waals surface area contributed by atoms with Gasteiger partial charge in [-0.2, -0.15) is 0 Å². The first-order valence-electron chi connectivity index (χ1n) is 13.3. The Labute approximate surface area is 192 Å². The first-order valence-corrected chi connectivity index (χ1v) is 13.3. The van der Waals surface area contributed by atoms with E-state index in [0.717, 1.165) is 31.3 Å². The molecule has 3 N–H and O–H groups in total. The molecule has 5 heteroatoms. The normalized spacial score (nSPS) is 16.6. The zero-order chi connectivity index (χ0) is 22.2. The molecule has 1 fully saturated rings. The summed E-state index contributed by atoms with van der Waals surface area (Å²) in [6.45, 7) is 7.62. The average molecular weight is 432 g/mol. The number of rotatable bonds is 17. The highest BCUT2D eigenvalue weighted by Crippen LogP contribution is 2.29. The van der Waals surface area contributed by atoms with Crippen LogP contribution < -0.4 is 16.0 Å². The van der Waals surface area contributed by atoms with Crippen LogP contribution in [-0.2, 0) is 0 Å². The molecule has 1 aliphatic heterocycles. The molecule has 1 aromatic rings. The van der Waals surface area contributed by atoms with E-state index >= 15 is 0 Å². The molecule has 0 aliphatic carbocycles. The minimum atomic E-state index is 0.704. The molecule has 1 aromatic heterocycles. The topological polar surface area (TPSA) is 67.1 Å². The Morgan fingerprint density at radius 2 is 1.48 bits per heavy atom. The number of hydrogen-bond donors (Lipinski definition) is 2. The lowest BCUT2D eigenvalue weighted by molar-refractivity contribution is 0.445. The van der Waals surface area contributed by atoms with Crippen molar-refractivity contribution < 1.29 is 0 Å². The number of aromatic nitrogens is 2. The summed E-state index contributed by atoms with van der Waals surface area (Å²) in [5.41, 5.74) is 7.10. The van der Waals surface area contributed by atoms with Gasteiger partial charge in [-0.05, 0) is 25.2 Å². The Morgan fingerprint density at radius 1 is 0.903 bits per heavy atom. The predicted molar refractivity (Wildman–Crippen MR) is 136 cm³/mol. The van der Waals surface area contributed by atoms with Crippen molar-refractivity contribution in [3.63, 3.8) is 0 Å². The fourth-order valence-electron chi connectivity index (χ4n) is 4.69. The van der Waals surface area contributed by atoms with Crippen LogP contribution in [0.1, 0.15) is 117 Å². The van der Waals surface area contributed by atoms with Gasteiger partial charge in [-0.1, -0.05) is 97.3 Å². The summed E-state index contributed by atoms with van der Waals surface area (Å²) in [6, 6.07) is 0. The fourth-order valence-corrected chi connectivity index (χ4v) is 4.69. The molecule has 5 nitrogen and oxygen atoms in total. The van der Waals surface area contributed by atoms with E-state index in [9.17, 15) is 0 Å². The van der Waals surface area contributed by atoms with E-state index in [1.54, 1.807) is 6.33 Å². The molecule has 2 heterocycles. The Kier molecular flexibility index (Phi) is 13.4. The predicted octanol–water partition coefficient (Wildman–Crippen LogP) is 7.19. The van der Waals surface area contributed by atoms with Crippen LogP contribution in [0.4, 0.5) is 17.3 Å². The van der Waals surface area contributed by atoms with E-state index in [4.69, 9.17) is 5.73 Å². The zero-order valence-corrected chi connectivity index (χ0v) is 20.5. The lowest BCUT2D eigenvalue weighted by Crippen LogP contribution is -2.35. The minimum Gasteiger partial charge on any atom is -0.393 e. The summed E-state index contributed by atoms with van der Waals surface area (Å²) in [7, 11) is 0. The summed E-state index contributed by atoms with van der Waals surface area (Å²) >= 11 is 0. The summed E-state index contributed by atoms with van der Waals surface area (Å²) in [4.78, 5) is 11.2. The van der Waals surface area contributed by atoms with Crippen molar-refractivity contribution in [2.45, 2.75) is 117 Å². The molecule has 0 amide bonds. The van der Waals surface area contributed by atoms with Crippen LogP contribution in [0.5, 0.6) is 0 Å². The Bertz CT molecular complexity index is 577. The second-order valence-corrected chi connectivity index (χ2v) is 9.68. The van der Waals surface area contributed by atoms with Crippen LogP contribution >= 0.6 is 0 Å². The average Bonchev–Trinajstić information content (AvgIpc) is 2.77. The number of nitrogens with two attached hydrogens (primary N) is 1. The highest BCUT2D eigenvalue weighted by Gasteiger charge is 2.20. The van der Waals surface area contributed by atoms with E-state index in [0.29, 0.717) is 11.6 Å². The second-order valence-electron chi connectivity index (χ2n) is 9.68. The second kappa shape index (κ2) is 16.2. The molecule has 178 valence electrons. The van der Waals surface area contributed by atoms with E-state index in [1.807, 2.05) is 0 Å². The van der Waals surface area contributed by atoms with Crippen LogP contribution in [-0.4, -0.2) is 29.6 Å². The van der Waals surface area contributed by atoms with Gasteiger partial charge in [0.05, 0.1) is 0 Å².